The van der Waals surface area contributed by atoms with Crippen molar-refractivity contribution in [2.75, 3.05) is 5.73 Å². The number of terminal acetylenes is 1. The van der Waals surface area contributed by atoms with Gasteiger partial charge in [-0.1, -0.05) is 19.8 Å². The maximum atomic E-state index is 11.7. The van der Waals surface area contributed by atoms with Crippen molar-refractivity contribution in [1.29, 1.82) is 0 Å². The van der Waals surface area contributed by atoms with E-state index in [9.17, 15) is 4.79 Å². The molecule has 1 aromatic heterocycles. The molecule has 0 aliphatic carbocycles. The highest BCUT2D eigenvalue weighted by molar-refractivity contribution is 5.98. The van der Waals surface area contributed by atoms with Crippen molar-refractivity contribution in [3.8, 4) is 12.3 Å². The van der Waals surface area contributed by atoms with Crippen molar-refractivity contribution in [1.82, 2.24) is 15.5 Å². The van der Waals surface area contributed by atoms with Crippen LogP contribution in [0.5, 0.6) is 0 Å². The zero-order valence-corrected chi connectivity index (χ0v) is 9.66. The summed E-state index contributed by atoms with van der Waals surface area (Å²) in [5.74, 6) is 2.24. The quantitative estimate of drug-likeness (QED) is 0.661. The Morgan fingerprint density at radius 2 is 2.19 bits per heavy atom. The smallest absolute Gasteiger partial charge is 0.274 e. The number of amides is 1. The second kappa shape index (κ2) is 4.71. The first-order chi connectivity index (χ1) is 7.47. The molecule has 0 radical (unpaired) electrons. The van der Waals surface area contributed by atoms with E-state index < -0.39 is 0 Å². The van der Waals surface area contributed by atoms with Gasteiger partial charge in [0, 0.05) is 0 Å². The first-order valence-electron chi connectivity index (χ1n) is 5.08. The third-order valence-corrected chi connectivity index (χ3v) is 2.22. The Kier molecular flexibility index (Phi) is 3.56. The monoisotopic (exact) mass is 220 g/mol. The van der Waals surface area contributed by atoms with Crippen molar-refractivity contribution in [3.05, 3.63) is 11.4 Å². The van der Waals surface area contributed by atoms with E-state index in [0.717, 1.165) is 5.69 Å². The van der Waals surface area contributed by atoms with Crippen LogP contribution in [0.3, 0.4) is 0 Å². The van der Waals surface area contributed by atoms with E-state index in [0.29, 0.717) is 5.69 Å². The number of aromatic nitrogens is 2. The second-order valence-electron chi connectivity index (χ2n) is 3.92. The van der Waals surface area contributed by atoms with Gasteiger partial charge in [-0.15, -0.1) is 6.42 Å². The number of hydrogen-bond acceptors (Lipinski definition) is 3. The van der Waals surface area contributed by atoms with Gasteiger partial charge in [-0.2, -0.15) is 5.10 Å². The van der Waals surface area contributed by atoms with Gasteiger partial charge >= 0.3 is 0 Å². The molecule has 0 spiro atoms. The van der Waals surface area contributed by atoms with Gasteiger partial charge in [0.15, 0.2) is 5.69 Å². The van der Waals surface area contributed by atoms with Crippen LogP contribution in [0.15, 0.2) is 0 Å². The fourth-order valence-electron chi connectivity index (χ4n) is 1.28. The average Bonchev–Trinajstić information content (AvgIpc) is 2.59. The second-order valence-corrected chi connectivity index (χ2v) is 3.92. The number of nitrogens with two attached hydrogens (primary N) is 1. The summed E-state index contributed by atoms with van der Waals surface area (Å²) >= 11 is 0. The molecular formula is C11H16N4O. The Labute approximate surface area is 94.8 Å². The zero-order valence-electron chi connectivity index (χ0n) is 9.66. The summed E-state index contributed by atoms with van der Waals surface area (Å²) in [4.78, 5) is 11.7. The first-order valence-corrected chi connectivity index (χ1v) is 5.08. The fraction of sp³-hybridized carbons (Fsp3) is 0.455. The van der Waals surface area contributed by atoms with Gasteiger partial charge < -0.3 is 11.1 Å². The van der Waals surface area contributed by atoms with Gasteiger partial charge in [0.2, 0.25) is 0 Å². The lowest BCUT2D eigenvalue weighted by atomic mass is 10.1. The minimum atomic E-state index is -0.355. The third kappa shape index (κ3) is 2.34. The molecule has 0 fully saturated rings. The number of H-pyrrole nitrogens is 1. The number of anilines is 1. The molecule has 0 aliphatic heterocycles. The molecule has 0 saturated carbocycles. The normalized spacial score (nSPS) is 12.2. The Bertz CT molecular complexity index is 428. The summed E-state index contributed by atoms with van der Waals surface area (Å²) in [5, 5.41) is 9.25. The standard InChI is InChI=1S/C11H16N4O/c1-5-7(4)13-11(16)10-8(12)9(6(2)3)14-15-10/h1,6-7H,12H2,2-4H3,(H,13,16)(H,14,15). The lowest BCUT2D eigenvalue weighted by molar-refractivity contribution is 0.0944. The molecule has 16 heavy (non-hydrogen) atoms. The number of rotatable bonds is 3. The summed E-state index contributed by atoms with van der Waals surface area (Å²) in [6, 6.07) is -0.342. The van der Waals surface area contributed by atoms with E-state index in [-0.39, 0.29) is 23.6 Å². The van der Waals surface area contributed by atoms with Crippen LogP contribution in [0.4, 0.5) is 5.69 Å². The molecular weight excluding hydrogens is 204 g/mol. The van der Waals surface area contributed by atoms with E-state index in [1.165, 1.54) is 0 Å². The molecule has 0 bridgehead atoms. The van der Waals surface area contributed by atoms with Crippen LogP contribution < -0.4 is 11.1 Å². The Balaban J connectivity index is 2.90. The number of carbonyl (C=O) groups is 1. The highest BCUT2D eigenvalue weighted by Gasteiger charge is 2.19. The highest BCUT2D eigenvalue weighted by atomic mass is 16.2. The predicted octanol–water partition coefficient (Wildman–Crippen LogP) is 0.867. The van der Waals surface area contributed by atoms with E-state index in [1.807, 2.05) is 13.8 Å². The van der Waals surface area contributed by atoms with Gasteiger partial charge in [-0.3, -0.25) is 9.89 Å². The topological polar surface area (TPSA) is 83.8 Å². The number of nitrogens with zero attached hydrogens (tertiary/aromatic N) is 1. The summed E-state index contributed by atoms with van der Waals surface area (Å²) in [5.41, 5.74) is 7.16. The summed E-state index contributed by atoms with van der Waals surface area (Å²) < 4.78 is 0. The molecule has 5 nitrogen and oxygen atoms in total. The van der Waals surface area contributed by atoms with Crippen LogP contribution in [0.2, 0.25) is 0 Å². The summed E-state index contributed by atoms with van der Waals surface area (Å²) in [7, 11) is 0. The van der Waals surface area contributed by atoms with E-state index in [4.69, 9.17) is 12.2 Å². The van der Waals surface area contributed by atoms with Crippen molar-refractivity contribution < 1.29 is 4.79 Å². The van der Waals surface area contributed by atoms with Crippen LogP contribution in [0, 0.1) is 12.3 Å². The van der Waals surface area contributed by atoms with Crippen LogP contribution in [-0.4, -0.2) is 22.1 Å². The van der Waals surface area contributed by atoms with Gasteiger partial charge in [-0.05, 0) is 12.8 Å². The highest BCUT2D eigenvalue weighted by Crippen LogP contribution is 2.21. The van der Waals surface area contributed by atoms with Gasteiger partial charge in [0.05, 0.1) is 17.4 Å². The average molecular weight is 220 g/mol. The van der Waals surface area contributed by atoms with Crippen LogP contribution in [-0.2, 0) is 0 Å². The molecule has 1 atom stereocenters. The molecule has 1 rings (SSSR count). The summed E-state index contributed by atoms with van der Waals surface area (Å²) in [6.45, 7) is 5.65. The molecule has 0 aromatic carbocycles. The number of nitrogens with one attached hydrogen (secondary N) is 2. The van der Waals surface area contributed by atoms with Crippen LogP contribution in [0.25, 0.3) is 0 Å². The van der Waals surface area contributed by atoms with E-state index in [1.54, 1.807) is 6.92 Å². The molecule has 86 valence electrons. The molecule has 0 saturated heterocycles. The van der Waals surface area contributed by atoms with Crippen molar-refractivity contribution >= 4 is 11.6 Å². The number of hydrogen-bond donors (Lipinski definition) is 3. The molecule has 1 amide bonds. The first kappa shape index (κ1) is 12.1. The van der Waals surface area contributed by atoms with Crippen molar-refractivity contribution in [2.24, 2.45) is 0 Å². The van der Waals surface area contributed by atoms with Crippen molar-refractivity contribution in [3.63, 3.8) is 0 Å². The molecule has 4 N–H and O–H groups in total. The molecule has 1 heterocycles. The minimum Gasteiger partial charge on any atom is -0.395 e. The van der Waals surface area contributed by atoms with Crippen molar-refractivity contribution in [2.45, 2.75) is 32.7 Å². The minimum absolute atomic E-state index is 0.194. The predicted molar refractivity (Wildman–Crippen MR) is 62.9 cm³/mol. The van der Waals surface area contributed by atoms with E-state index in [2.05, 4.69) is 21.4 Å². The number of nitrogen functional groups attached to an aromatic ring is 1. The van der Waals surface area contributed by atoms with Gasteiger partial charge in [0.1, 0.15) is 0 Å². The molecule has 1 aromatic rings. The maximum absolute atomic E-state index is 11.7. The van der Waals surface area contributed by atoms with Gasteiger partial charge in [0.25, 0.3) is 5.91 Å². The fourth-order valence-corrected chi connectivity index (χ4v) is 1.28. The van der Waals surface area contributed by atoms with Crippen LogP contribution in [0.1, 0.15) is 42.9 Å². The Hall–Kier alpha value is -1.96. The lowest BCUT2D eigenvalue weighted by Crippen LogP contribution is -2.32. The molecule has 1 unspecified atom stereocenters. The third-order valence-electron chi connectivity index (χ3n) is 2.22. The zero-order chi connectivity index (χ0) is 12.3. The SMILES string of the molecule is C#CC(C)NC(=O)c1n[nH]c(C(C)C)c1N. The number of aromatic amines is 1. The Morgan fingerprint density at radius 1 is 1.56 bits per heavy atom. The summed E-state index contributed by atoms with van der Waals surface area (Å²) in [6.07, 6.45) is 5.17. The largest absolute Gasteiger partial charge is 0.395 e. The number of carbonyl (C=O) groups excluding carboxylic acids is 1. The van der Waals surface area contributed by atoms with Gasteiger partial charge in [-0.25, -0.2) is 0 Å². The maximum Gasteiger partial charge on any atom is 0.274 e. The van der Waals surface area contributed by atoms with Crippen LogP contribution >= 0.6 is 0 Å². The molecule has 5 heteroatoms. The Morgan fingerprint density at radius 3 is 2.62 bits per heavy atom. The lowest BCUT2D eigenvalue weighted by Gasteiger charge is -2.06. The molecule has 0 aliphatic rings. The van der Waals surface area contributed by atoms with E-state index >= 15 is 0 Å².